The average Bonchev–Trinajstić information content (AvgIpc) is 3.36. The zero-order valence-electron chi connectivity index (χ0n) is 16.1. The molecule has 0 bridgehead atoms. The molecular formula is C20H25N5O3. The SMILES string of the molecule is CC(C)c1nc(C2(NC(=O)CNC(=O)/C=C/c3cccnc3)CCCC2)no1. The van der Waals surface area contributed by atoms with Gasteiger partial charge in [0.15, 0.2) is 5.82 Å². The lowest BCUT2D eigenvalue weighted by molar-refractivity contribution is -0.125. The van der Waals surface area contributed by atoms with Crippen molar-refractivity contribution in [2.75, 3.05) is 6.54 Å². The van der Waals surface area contributed by atoms with Crippen LogP contribution in [0.3, 0.4) is 0 Å². The predicted octanol–water partition coefficient (Wildman–Crippen LogP) is 2.30. The summed E-state index contributed by atoms with van der Waals surface area (Å²) in [7, 11) is 0. The van der Waals surface area contributed by atoms with Crippen LogP contribution in [0.2, 0.25) is 0 Å². The van der Waals surface area contributed by atoms with Crippen molar-refractivity contribution in [1.29, 1.82) is 0 Å². The molecule has 3 rings (SSSR count). The zero-order valence-corrected chi connectivity index (χ0v) is 16.1. The normalized spacial score (nSPS) is 15.8. The summed E-state index contributed by atoms with van der Waals surface area (Å²) >= 11 is 0. The molecule has 28 heavy (non-hydrogen) atoms. The molecule has 0 aliphatic heterocycles. The van der Waals surface area contributed by atoms with Crippen LogP contribution in [0.4, 0.5) is 0 Å². The van der Waals surface area contributed by atoms with Crippen molar-refractivity contribution in [2.45, 2.75) is 51.0 Å². The van der Waals surface area contributed by atoms with E-state index in [0.717, 1.165) is 31.2 Å². The molecule has 2 heterocycles. The minimum absolute atomic E-state index is 0.118. The first-order chi connectivity index (χ1) is 13.5. The molecular weight excluding hydrogens is 358 g/mol. The summed E-state index contributed by atoms with van der Waals surface area (Å²) in [6, 6.07) is 3.62. The molecule has 0 unspecified atom stereocenters. The van der Waals surface area contributed by atoms with Crippen molar-refractivity contribution in [3.8, 4) is 0 Å². The van der Waals surface area contributed by atoms with E-state index in [0.29, 0.717) is 11.7 Å². The number of rotatable bonds is 7. The lowest BCUT2D eigenvalue weighted by atomic mass is 9.96. The molecule has 1 aliphatic carbocycles. The maximum atomic E-state index is 12.5. The number of aromatic nitrogens is 3. The molecule has 0 aromatic carbocycles. The van der Waals surface area contributed by atoms with E-state index in [9.17, 15) is 9.59 Å². The maximum Gasteiger partial charge on any atom is 0.244 e. The van der Waals surface area contributed by atoms with Crippen LogP contribution >= 0.6 is 0 Å². The van der Waals surface area contributed by atoms with Crippen molar-refractivity contribution in [2.24, 2.45) is 0 Å². The van der Waals surface area contributed by atoms with Crippen LogP contribution in [0, 0.1) is 0 Å². The first-order valence-corrected chi connectivity index (χ1v) is 9.49. The van der Waals surface area contributed by atoms with Gasteiger partial charge in [-0.3, -0.25) is 14.6 Å². The summed E-state index contributed by atoms with van der Waals surface area (Å²) in [6.07, 6.45) is 9.80. The third-order valence-corrected chi connectivity index (χ3v) is 4.73. The number of pyridine rings is 1. The molecule has 2 N–H and O–H groups in total. The molecule has 1 fully saturated rings. The van der Waals surface area contributed by atoms with Gasteiger partial charge in [-0.15, -0.1) is 0 Å². The molecule has 1 saturated carbocycles. The lowest BCUT2D eigenvalue weighted by Crippen LogP contribution is -2.48. The Labute approximate surface area is 163 Å². The Morgan fingerprint density at radius 2 is 2.11 bits per heavy atom. The van der Waals surface area contributed by atoms with Gasteiger partial charge in [-0.25, -0.2) is 0 Å². The first-order valence-electron chi connectivity index (χ1n) is 9.49. The van der Waals surface area contributed by atoms with Crippen molar-refractivity contribution >= 4 is 17.9 Å². The highest BCUT2D eigenvalue weighted by Gasteiger charge is 2.41. The second-order valence-corrected chi connectivity index (χ2v) is 7.29. The van der Waals surface area contributed by atoms with Gasteiger partial charge in [0.05, 0.1) is 6.54 Å². The van der Waals surface area contributed by atoms with Gasteiger partial charge >= 0.3 is 0 Å². The van der Waals surface area contributed by atoms with Gasteiger partial charge in [0, 0.05) is 24.4 Å². The van der Waals surface area contributed by atoms with Gasteiger partial charge in [0.1, 0.15) is 5.54 Å². The lowest BCUT2D eigenvalue weighted by Gasteiger charge is -2.26. The molecule has 1 aliphatic rings. The average molecular weight is 383 g/mol. The molecule has 8 nitrogen and oxygen atoms in total. The first kappa shape index (κ1) is 19.7. The van der Waals surface area contributed by atoms with Gasteiger partial charge in [-0.1, -0.05) is 37.9 Å². The largest absolute Gasteiger partial charge is 0.343 e. The summed E-state index contributed by atoms with van der Waals surface area (Å²) in [4.78, 5) is 32.9. The quantitative estimate of drug-likeness (QED) is 0.710. The Morgan fingerprint density at radius 3 is 2.75 bits per heavy atom. The fraction of sp³-hybridized carbons (Fsp3) is 0.450. The second kappa shape index (κ2) is 8.77. The van der Waals surface area contributed by atoms with Gasteiger partial charge in [-0.05, 0) is 30.5 Å². The maximum absolute atomic E-state index is 12.5. The Kier molecular flexibility index (Phi) is 6.18. The van der Waals surface area contributed by atoms with E-state index in [1.165, 1.54) is 6.08 Å². The van der Waals surface area contributed by atoms with Gasteiger partial charge in [-0.2, -0.15) is 4.98 Å². The molecule has 2 aromatic rings. The Hall–Kier alpha value is -3.03. The van der Waals surface area contributed by atoms with E-state index in [4.69, 9.17) is 4.52 Å². The smallest absolute Gasteiger partial charge is 0.244 e. The van der Waals surface area contributed by atoms with Crippen LogP contribution in [-0.2, 0) is 15.1 Å². The number of hydrogen-bond acceptors (Lipinski definition) is 6. The Bertz CT molecular complexity index is 839. The third-order valence-electron chi connectivity index (χ3n) is 4.73. The molecule has 0 spiro atoms. The summed E-state index contributed by atoms with van der Waals surface area (Å²) in [5.41, 5.74) is 0.189. The molecule has 0 atom stereocenters. The molecule has 148 valence electrons. The summed E-state index contributed by atoms with van der Waals surface area (Å²) in [6.45, 7) is 3.84. The van der Waals surface area contributed by atoms with E-state index in [1.807, 2.05) is 19.9 Å². The van der Waals surface area contributed by atoms with E-state index in [2.05, 4.69) is 25.8 Å². The fourth-order valence-corrected chi connectivity index (χ4v) is 3.23. The molecule has 0 radical (unpaired) electrons. The standard InChI is InChI=1S/C20H25N5O3/c1-14(2)18-23-19(25-28-18)20(9-3-4-10-20)24-17(27)13-22-16(26)8-7-15-6-5-11-21-12-15/h5-8,11-12,14H,3-4,9-10,13H2,1-2H3,(H,22,26)(H,24,27)/b8-7+. The predicted molar refractivity (Wildman–Crippen MR) is 103 cm³/mol. The highest BCUT2D eigenvalue weighted by atomic mass is 16.5. The van der Waals surface area contributed by atoms with Crippen LogP contribution in [0.5, 0.6) is 0 Å². The van der Waals surface area contributed by atoms with E-state index >= 15 is 0 Å². The number of nitrogens with one attached hydrogen (secondary N) is 2. The summed E-state index contributed by atoms with van der Waals surface area (Å²) < 4.78 is 5.32. The van der Waals surface area contributed by atoms with Crippen LogP contribution in [0.1, 0.15) is 62.7 Å². The number of carbonyl (C=O) groups excluding carboxylic acids is 2. The third kappa shape index (κ3) is 4.82. The minimum Gasteiger partial charge on any atom is -0.343 e. The molecule has 0 saturated heterocycles. The van der Waals surface area contributed by atoms with E-state index in [1.54, 1.807) is 24.5 Å². The number of nitrogens with zero attached hydrogens (tertiary/aromatic N) is 3. The van der Waals surface area contributed by atoms with Gasteiger partial charge < -0.3 is 15.2 Å². The number of hydrogen-bond donors (Lipinski definition) is 2. The highest BCUT2D eigenvalue weighted by Crippen LogP contribution is 2.37. The topological polar surface area (TPSA) is 110 Å². The van der Waals surface area contributed by atoms with Crippen LogP contribution in [-0.4, -0.2) is 33.5 Å². The summed E-state index contributed by atoms with van der Waals surface area (Å²) in [5, 5.41) is 9.71. The Morgan fingerprint density at radius 1 is 1.32 bits per heavy atom. The second-order valence-electron chi connectivity index (χ2n) is 7.29. The summed E-state index contributed by atoms with van der Waals surface area (Å²) in [5.74, 6) is 0.581. The molecule has 2 aromatic heterocycles. The van der Waals surface area contributed by atoms with Crippen LogP contribution in [0.15, 0.2) is 35.1 Å². The van der Waals surface area contributed by atoms with Crippen molar-refractivity contribution in [3.63, 3.8) is 0 Å². The van der Waals surface area contributed by atoms with Gasteiger partial charge in [0.25, 0.3) is 0 Å². The monoisotopic (exact) mass is 383 g/mol. The molecule has 2 amide bonds. The van der Waals surface area contributed by atoms with Crippen molar-refractivity contribution < 1.29 is 14.1 Å². The van der Waals surface area contributed by atoms with E-state index in [-0.39, 0.29) is 24.3 Å². The number of carbonyl (C=O) groups is 2. The van der Waals surface area contributed by atoms with Gasteiger partial charge in [0.2, 0.25) is 17.7 Å². The van der Waals surface area contributed by atoms with Crippen LogP contribution in [0.25, 0.3) is 6.08 Å². The zero-order chi connectivity index (χ0) is 20.0. The Balaban J connectivity index is 1.57. The highest BCUT2D eigenvalue weighted by molar-refractivity contribution is 5.94. The van der Waals surface area contributed by atoms with Crippen LogP contribution < -0.4 is 10.6 Å². The fourth-order valence-electron chi connectivity index (χ4n) is 3.23. The van der Waals surface area contributed by atoms with Crippen molar-refractivity contribution in [1.82, 2.24) is 25.8 Å². The van der Waals surface area contributed by atoms with Crippen molar-refractivity contribution in [3.05, 3.63) is 47.9 Å². The molecule has 8 heteroatoms. The minimum atomic E-state index is -0.621. The van der Waals surface area contributed by atoms with E-state index < -0.39 is 5.54 Å². The number of amides is 2.